The van der Waals surface area contributed by atoms with Crippen LogP contribution in [0.4, 0.5) is 0 Å². The molecular weight excluding hydrogens is 464 g/mol. The molecule has 1 saturated heterocycles. The summed E-state index contributed by atoms with van der Waals surface area (Å²) in [4.78, 5) is 15.6. The second-order valence-electron chi connectivity index (χ2n) is 9.10. The van der Waals surface area contributed by atoms with E-state index in [0.717, 1.165) is 34.3 Å². The van der Waals surface area contributed by atoms with Crippen LogP contribution in [0, 0.1) is 0 Å². The summed E-state index contributed by atoms with van der Waals surface area (Å²) >= 11 is 5.73. The molecule has 0 saturated carbocycles. The first-order valence-corrected chi connectivity index (χ1v) is 12.0. The van der Waals surface area contributed by atoms with E-state index in [1.165, 1.54) is 4.57 Å². The summed E-state index contributed by atoms with van der Waals surface area (Å²) in [6.07, 6.45) is 0.750. The highest BCUT2D eigenvalue weighted by Crippen LogP contribution is 2.48. The average molecular weight is 487 g/mol. The van der Waals surface area contributed by atoms with Crippen LogP contribution in [0.2, 0.25) is 0 Å². The standard InChI is InChI=1S/C26H22N4O4S/c31-24-23-20-11-17(13-28(20)25(35)27-12-15-8-9-21-22(10-15)34-14-33-21)29(23)26(32)30(24)19-7-3-5-16-4-1-2-6-18(16)19/h1-10,17,20,31H,11-14H2,(H,27,35)/t17-,20?/m1/s1. The first-order valence-electron chi connectivity index (χ1n) is 11.6. The van der Waals surface area contributed by atoms with Crippen molar-refractivity contribution in [2.45, 2.75) is 25.0 Å². The molecule has 0 spiro atoms. The Kier molecular flexibility index (Phi) is 4.38. The Morgan fingerprint density at radius 2 is 1.91 bits per heavy atom. The summed E-state index contributed by atoms with van der Waals surface area (Å²) in [6.45, 7) is 1.41. The van der Waals surface area contributed by atoms with Crippen LogP contribution in [0.5, 0.6) is 17.4 Å². The minimum atomic E-state index is -0.208. The van der Waals surface area contributed by atoms with Gasteiger partial charge in [-0.3, -0.25) is 4.57 Å². The Balaban J connectivity index is 1.18. The fraction of sp³-hybridized carbons (Fsp3) is 0.231. The van der Waals surface area contributed by atoms with Crippen molar-refractivity contribution in [2.75, 3.05) is 13.3 Å². The topological polar surface area (TPSA) is 80.9 Å². The van der Waals surface area contributed by atoms with Gasteiger partial charge in [-0.05, 0) is 47.8 Å². The van der Waals surface area contributed by atoms with E-state index in [1.807, 2.05) is 60.7 Å². The highest BCUT2D eigenvalue weighted by molar-refractivity contribution is 7.80. The van der Waals surface area contributed by atoms with Gasteiger partial charge in [0.15, 0.2) is 16.6 Å². The largest absolute Gasteiger partial charge is 0.493 e. The number of nitrogens with one attached hydrogen (secondary N) is 1. The van der Waals surface area contributed by atoms with Gasteiger partial charge in [-0.15, -0.1) is 0 Å². The van der Waals surface area contributed by atoms with Crippen LogP contribution < -0.4 is 20.5 Å². The van der Waals surface area contributed by atoms with Gasteiger partial charge < -0.3 is 24.8 Å². The molecule has 3 aliphatic heterocycles. The van der Waals surface area contributed by atoms with Crippen LogP contribution in [0.15, 0.2) is 65.5 Å². The number of hydrogen-bond acceptors (Lipinski definition) is 5. The van der Waals surface area contributed by atoms with E-state index >= 15 is 0 Å². The van der Waals surface area contributed by atoms with E-state index in [4.69, 9.17) is 21.7 Å². The second-order valence-corrected chi connectivity index (χ2v) is 9.49. The number of thiocarbonyl (C=S) groups is 1. The lowest BCUT2D eigenvalue weighted by atomic mass is 10.1. The van der Waals surface area contributed by atoms with E-state index < -0.39 is 0 Å². The molecule has 1 aromatic heterocycles. The zero-order valence-corrected chi connectivity index (χ0v) is 19.5. The van der Waals surface area contributed by atoms with Crippen molar-refractivity contribution in [1.29, 1.82) is 0 Å². The van der Waals surface area contributed by atoms with Gasteiger partial charge in [0.25, 0.3) is 0 Å². The van der Waals surface area contributed by atoms with Gasteiger partial charge in [-0.25, -0.2) is 9.36 Å². The predicted octanol–water partition coefficient (Wildman–Crippen LogP) is 3.60. The van der Waals surface area contributed by atoms with E-state index in [1.54, 1.807) is 4.57 Å². The van der Waals surface area contributed by atoms with Crippen molar-refractivity contribution < 1.29 is 14.6 Å². The zero-order valence-electron chi connectivity index (χ0n) is 18.7. The van der Waals surface area contributed by atoms with E-state index in [9.17, 15) is 9.90 Å². The van der Waals surface area contributed by atoms with Crippen LogP contribution in [0.25, 0.3) is 16.5 Å². The van der Waals surface area contributed by atoms with Gasteiger partial charge >= 0.3 is 5.69 Å². The highest BCUT2D eigenvalue weighted by Gasteiger charge is 2.48. The molecule has 0 aliphatic carbocycles. The number of imidazole rings is 1. The van der Waals surface area contributed by atoms with Crippen LogP contribution in [-0.2, 0) is 6.54 Å². The number of nitrogens with zero attached hydrogens (tertiary/aromatic N) is 3. The second kappa shape index (κ2) is 7.51. The number of ether oxygens (including phenoxy) is 2. The smallest absolute Gasteiger partial charge is 0.336 e. The lowest BCUT2D eigenvalue weighted by Gasteiger charge is -2.30. The molecule has 35 heavy (non-hydrogen) atoms. The number of likely N-dealkylation sites (tertiary alicyclic amines) is 1. The summed E-state index contributed by atoms with van der Waals surface area (Å²) in [7, 11) is 0. The quantitative estimate of drug-likeness (QED) is 0.428. The van der Waals surface area contributed by atoms with Crippen molar-refractivity contribution in [1.82, 2.24) is 19.4 Å². The number of hydrogen-bond donors (Lipinski definition) is 2. The molecule has 7 rings (SSSR count). The number of aromatic hydroxyl groups is 1. The highest BCUT2D eigenvalue weighted by atomic mass is 32.1. The third-order valence-corrected chi connectivity index (χ3v) is 7.59. The molecule has 2 N–H and O–H groups in total. The molecule has 9 heteroatoms. The summed E-state index contributed by atoms with van der Waals surface area (Å²) in [6, 6.07) is 19.3. The Hall–Kier alpha value is -3.98. The molecule has 0 amide bonds. The molecule has 4 heterocycles. The predicted molar refractivity (Wildman–Crippen MR) is 134 cm³/mol. The SMILES string of the molecule is O=c1n(-c2cccc3ccccc23)c(O)c2n1[C@@H]1CC2N(C(=S)NCc2ccc3c(c2)OCO3)C1. The minimum Gasteiger partial charge on any atom is -0.493 e. The third kappa shape index (κ3) is 2.97. The maximum atomic E-state index is 13.5. The lowest BCUT2D eigenvalue weighted by Crippen LogP contribution is -2.42. The van der Waals surface area contributed by atoms with Crippen molar-refractivity contribution in [2.24, 2.45) is 0 Å². The molecule has 8 nitrogen and oxygen atoms in total. The number of fused-ring (bicyclic) bond motifs is 7. The molecule has 3 aromatic carbocycles. The number of rotatable bonds is 3. The van der Waals surface area contributed by atoms with Gasteiger partial charge in [0.1, 0.15) is 5.69 Å². The average Bonchev–Trinajstić information content (AvgIpc) is 3.65. The molecule has 176 valence electrons. The molecule has 3 aliphatic rings. The van der Waals surface area contributed by atoms with Crippen molar-refractivity contribution in [3.63, 3.8) is 0 Å². The Bertz CT molecular complexity index is 1570. The Morgan fingerprint density at radius 1 is 1.09 bits per heavy atom. The van der Waals surface area contributed by atoms with Gasteiger partial charge in [0, 0.05) is 18.5 Å². The van der Waals surface area contributed by atoms with E-state index in [-0.39, 0.29) is 30.4 Å². The Morgan fingerprint density at radius 3 is 2.83 bits per heavy atom. The van der Waals surface area contributed by atoms with Gasteiger partial charge in [0.2, 0.25) is 12.7 Å². The summed E-state index contributed by atoms with van der Waals surface area (Å²) < 4.78 is 14.0. The number of benzene rings is 3. The van der Waals surface area contributed by atoms with E-state index in [0.29, 0.717) is 29.6 Å². The first kappa shape index (κ1) is 20.4. The fourth-order valence-corrected chi connectivity index (χ4v) is 5.90. The van der Waals surface area contributed by atoms with Crippen molar-refractivity contribution in [3.8, 4) is 23.1 Å². The summed E-state index contributed by atoms with van der Waals surface area (Å²) in [5.74, 6) is 1.47. The lowest BCUT2D eigenvalue weighted by molar-refractivity contribution is 0.174. The zero-order chi connectivity index (χ0) is 23.7. The molecule has 2 bridgehead atoms. The maximum Gasteiger partial charge on any atom is 0.336 e. The van der Waals surface area contributed by atoms with Crippen LogP contribution in [-0.4, -0.2) is 37.6 Å². The van der Waals surface area contributed by atoms with E-state index in [2.05, 4.69) is 10.2 Å². The van der Waals surface area contributed by atoms with Crippen LogP contribution >= 0.6 is 12.2 Å². The van der Waals surface area contributed by atoms with Crippen molar-refractivity contribution >= 4 is 28.1 Å². The van der Waals surface area contributed by atoms with Gasteiger partial charge in [-0.2, -0.15) is 0 Å². The molecule has 1 unspecified atom stereocenters. The maximum absolute atomic E-state index is 13.5. The van der Waals surface area contributed by atoms with Gasteiger partial charge in [-0.1, -0.05) is 42.5 Å². The molecule has 4 aromatic rings. The van der Waals surface area contributed by atoms with Crippen molar-refractivity contribution in [3.05, 3.63) is 82.4 Å². The Labute approximate surface area is 205 Å². The molecule has 1 fully saturated rings. The monoisotopic (exact) mass is 486 g/mol. The first-order chi connectivity index (χ1) is 17.1. The molecular formula is C26H22N4O4S. The fourth-order valence-electron chi connectivity index (χ4n) is 5.62. The summed E-state index contributed by atoms with van der Waals surface area (Å²) in [5.41, 5.74) is 2.14. The summed E-state index contributed by atoms with van der Waals surface area (Å²) in [5, 5.41) is 17.2. The number of aromatic nitrogens is 2. The van der Waals surface area contributed by atoms with Crippen LogP contribution in [0.3, 0.4) is 0 Å². The molecule has 0 radical (unpaired) electrons. The minimum absolute atomic E-state index is 0.0119. The third-order valence-electron chi connectivity index (χ3n) is 7.21. The normalized spacial score (nSPS) is 19.4. The molecule has 2 atom stereocenters. The van der Waals surface area contributed by atoms with Crippen LogP contribution in [0.1, 0.15) is 29.8 Å². The van der Waals surface area contributed by atoms with Gasteiger partial charge in [0.05, 0.1) is 17.8 Å².